The van der Waals surface area contributed by atoms with Crippen molar-refractivity contribution in [2.24, 2.45) is 0 Å². The maximum absolute atomic E-state index is 2.38. The molecule has 0 unspecified atom stereocenters. The van der Waals surface area contributed by atoms with Gasteiger partial charge in [-0.15, -0.1) is 0 Å². The van der Waals surface area contributed by atoms with E-state index in [2.05, 4.69) is 71.0 Å². The number of hydrogen-bond donors (Lipinski definition) is 0. The van der Waals surface area contributed by atoms with E-state index < -0.39 is 0 Å². The first-order valence-electron chi connectivity index (χ1n) is 7.18. The van der Waals surface area contributed by atoms with Crippen LogP contribution in [0.15, 0.2) is 36.4 Å². The van der Waals surface area contributed by atoms with E-state index in [1.165, 1.54) is 33.4 Å². The van der Waals surface area contributed by atoms with Crippen molar-refractivity contribution in [1.82, 2.24) is 0 Å². The van der Waals surface area contributed by atoms with Crippen molar-refractivity contribution in [3.63, 3.8) is 0 Å². The van der Waals surface area contributed by atoms with Crippen molar-refractivity contribution in [3.05, 3.63) is 58.7 Å². The van der Waals surface area contributed by atoms with Gasteiger partial charge in [-0.05, 0) is 40.7 Å². The fraction of sp³-hybridized carbons (Fsp3) is 0.368. The summed E-state index contributed by atoms with van der Waals surface area (Å²) in [6.45, 7) is 11.5. The second-order valence-electron chi connectivity index (χ2n) is 6.60. The summed E-state index contributed by atoms with van der Waals surface area (Å²) in [6, 6.07) is 13.6. The molecule has 0 aromatic heterocycles. The van der Waals surface area contributed by atoms with Gasteiger partial charge in [0.25, 0.3) is 0 Å². The zero-order chi connectivity index (χ0) is 13.8. The van der Waals surface area contributed by atoms with Gasteiger partial charge in [-0.25, -0.2) is 0 Å². The Morgan fingerprint density at radius 1 is 0.947 bits per heavy atom. The fourth-order valence-corrected chi connectivity index (χ4v) is 3.45. The first-order valence-corrected chi connectivity index (χ1v) is 7.18. The molecule has 3 rings (SSSR count). The Balaban J connectivity index is 2.42. The van der Waals surface area contributed by atoms with E-state index in [4.69, 9.17) is 0 Å². The predicted molar refractivity (Wildman–Crippen MR) is 82.8 cm³/mol. The summed E-state index contributed by atoms with van der Waals surface area (Å²) < 4.78 is 0. The van der Waals surface area contributed by atoms with Gasteiger partial charge in [0.15, 0.2) is 0 Å². The van der Waals surface area contributed by atoms with Gasteiger partial charge in [-0.1, -0.05) is 69.7 Å². The first kappa shape index (κ1) is 12.5. The highest BCUT2D eigenvalue weighted by molar-refractivity contribution is 5.83. The van der Waals surface area contributed by atoms with Gasteiger partial charge in [0.1, 0.15) is 0 Å². The number of fused-ring (bicyclic) bond motifs is 3. The molecule has 0 amide bonds. The van der Waals surface area contributed by atoms with E-state index >= 15 is 0 Å². The summed E-state index contributed by atoms with van der Waals surface area (Å²) in [5.74, 6) is 0.565. The van der Waals surface area contributed by atoms with E-state index in [0.717, 1.165) is 0 Å². The fourth-order valence-electron chi connectivity index (χ4n) is 3.45. The normalized spacial score (nSPS) is 15.5. The Hall–Kier alpha value is -1.56. The molecule has 0 bridgehead atoms. The Bertz CT molecular complexity index is 645. The van der Waals surface area contributed by atoms with Gasteiger partial charge in [0, 0.05) is 5.41 Å². The standard InChI is InChI=1S/C19H22/c1-12(2)15-10-13(3)11-17-18(15)14-8-6-7-9-16(14)19(17,4)5/h6-12H,1-5H3. The molecule has 98 valence electrons. The molecule has 0 nitrogen and oxygen atoms in total. The van der Waals surface area contributed by atoms with Gasteiger partial charge in [-0.2, -0.15) is 0 Å². The predicted octanol–water partition coefficient (Wildman–Crippen LogP) is 5.42. The van der Waals surface area contributed by atoms with E-state index in [-0.39, 0.29) is 5.41 Å². The van der Waals surface area contributed by atoms with E-state index in [0.29, 0.717) is 5.92 Å². The maximum Gasteiger partial charge on any atom is 0.0159 e. The molecule has 0 aliphatic heterocycles. The molecule has 0 saturated heterocycles. The molecular weight excluding hydrogens is 228 g/mol. The van der Waals surface area contributed by atoms with Crippen molar-refractivity contribution < 1.29 is 0 Å². The van der Waals surface area contributed by atoms with Crippen LogP contribution in [0.1, 0.15) is 55.9 Å². The molecule has 19 heavy (non-hydrogen) atoms. The first-order chi connectivity index (χ1) is 8.93. The van der Waals surface area contributed by atoms with Crippen molar-refractivity contribution in [2.75, 3.05) is 0 Å². The molecule has 0 spiro atoms. The average molecular weight is 250 g/mol. The van der Waals surface area contributed by atoms with Crippen LogP contribution < -0.4 is 0 Å². The summed E-state index contributed by atoms with van der Waals surface area (Å²) in [5.41, 5.74) is 8.89. The van der Waals surface area contributed by atoms with E-state index in [9.17, 15) is 0 Å². The largest absolute Gasteiger partial charge is 0.0619 e. The number of benzene rings is 2. The summed E-state index contributed by atoms with van der Waals surface area (Å²) in [6.07, 6.45) is 0. The lowest BCUT2D eigenvalue weighted by Crippen LogP contribution is -2.15. The molecule has 0 radical (unpaired) electrons. The van der Waals surface area contributed by atoms with Crippen LogP contribution in [0.5, 0.6) is 0 Å². The van der Waals surface area contributed by atoms with E-state index in [1.54, 1.807) is 0 Å². The van der Waals surface area contributed by atoms with Gasteiger partial charge < -0.3 is 0 Å². The summed E-state index contributed by atoms with van der Waals surface area (Å²) >= 11 is 0. The zero-order valence-corrected chi connectivity index (χ0v) is 12.5. The third-order valence-corrected chi connectivity index (χ3v) is 4.48. The third-order valence-electron chi connectivity index (χ3n) is 4.48. The van der Waals surface area contributed by atoms with Gasteiger partial charge in [0.2, 0.25) is 0 Å². The summed E-state index contributed by atoms with van der Waals surface area (Å²) in [7, 11) is 0. The van der Waals surface area contributed by atoms with Crippen molar-refractivity contribution in [2.45, 2.75) is 46.0 Å². The molecule has 2 aromatic rings. The van der Waals surface area contributed by atoms with E-state index in [1.807, 2.05) is 0 Å². The summed E-state index contributed by atoms with van der Waals surface area (Å²) in [4.78, 5) is 0. The van der Waals surface area contributed by atoms with Gasteiger partial charge in [0.05, 0.1) is 0 Å². The SMILES string of the molecule is Cc1cc(C(C)C)c2c(c1)C(C)(C)c1ccccc1-2. The number of aryl methyl sites for hydroxylation is 1. The van der Waals surface area contributed by atoms with Crippen molar-refractivity contribution in [1.29, 1.82) is 0 Å². The van der Waals surface area contributed by atoms with Crippen LogP contribution in [0, 0.1) is 6.92 Å². The molecule has 0 saturated carbocycles. The third kappa shape index (κ3) is 1.66. The number of rotatable bonds is 1. The van der Waals surface area contributed by atoms with Gasteiger partial charge >= 0.3 is 0 Å². The lowest BCUT2D eigenvalue weighted by Gasteiger charge is -2.22. The zero-order valence-electron chi connectivity index (χ0n) is 12.5. The molecule has 0 N–H and O–H groups in total. The Morgan fingerprint density at radius 2 is 1.63 bits per heavy atom. The molecule has 1 aliphatic rings. The monoisotopic (exact) mass is 250 g/mol. The highest BCUT2D eigenvalue weighted by atomic mass is 14.4. The lowest BCUT2D eigenvalue weighted by atomic mass is 9.81. The second kappa shape index (κ2) is 3.96. The van der Waals surface area contributed by atoms with Crippen LogP contribution in [0.25, 0.3) is 11.1 Å². The smallest absolute Gasteiger partial charge is 0.0159 e. The highest BCUT2D eigenvalue weighted by Gasteiger charge is 2.36. The minimum atomic E-state index is 0.127. The molecule has 0 heterocycles. The Labute approximate surface area is 116 Å². The van der Waals surface area contributed by atoms with Crippen LogP contribution in [0.2, 0.25) is 0 Å². The molecular formula is C19H22. The maximum atomic E-state index is 2.38. The minimum absolute atomic E-state index is 0.127. The van der Waals surface area contributed by atoms with Crippen molar-refractivity contribution >= 4 is 0 Å². The highest BCUT2D eigenvalue weighted by Crippen LogP contribution is 2.51. The minimum Gasteiger partial charge on any atom is -0.0619 e. The van der Waals surface area contributed by atoms with Crippen LogP contribution in [-0.4, -0.2) is 0 Å². The molecule has 2 aromatic carbocycles. The molecule has 1 aliphatic carbocycles. The molecule has 0 fully saturated rings. The van der Waals surface area contributed by atoms with Crippen LogP contribution in [0.4, 0.5) is 0 Å². The Morgan fingerprint density at radius 3 is 2.32 bits per heavy atom. The summed E-state index contributed by atoms with van der Waals surface area (Å²) in [5, 5.41) is 0. The number of hydrogen-bond acceptors (Lipinski definition) is 0. The quantitative estimate of drug-likeness (QED) is 0.633. The topological polar surface area (TPSA) is 0 Å². The Kier molecular flexibility index (Phi) is 2.60. The molecule has 0 atom stereocenters. The average Bonchev–Trinajstić information content (AvgIpc) is 2.58. The van der Waals surface area contributed by atoms with Crippen LogP contribution >= 0.6 is 0 Å². The van der Waals surface area contributed by atoms with Crippen LogP contribution in [-0.2, 0) is 5.41 Å². The second-order valence-corrected chi connectivity index (χ2v) is 6.60. The molecule has 0 heteroatoms. The lowest BCUT2D eigenvalue weighted by molar-refractivity contribution is 0.658. The van der Waals surface area contributed by atoms with Gasteiger partial charge in [-0.3, -0.25) is 0 Å². The van der Waals surface area contributed by atoms with Crippen LogP contribution in [0.3, 0.4) is 0 Å². The van der Waals surface area contributed by atoms with Crippen molar-refractivity contribution in [3.8, 4) is 11.1 Å².